The van der Waals surface area contributed by atoms with Gasteiger partial charge in [0.1, 0.15) is 0 Å². The maximum atomic E-state index is 12.0. The van der Waals surface area contributed by atoms with Crippen LogP contribution in [0.25, 0.3) is 0 Å². The van der Waals surface area contributed by atoms with Crippen LogP contribution in [0.5, 0.6) is 11.5 Å². The summed E-state index contributed by atoms with van der Waals surface area (Å²) in [6, 6.07) is 10.4. The van der Waals surface area contributed by atoms with Crippen molar-refractivity contribution in [3.63, 3.8) is 0 Å². The molecule has 0 unspecified atom stereocenters. The van der Waals surface area contributed by atoms with Gasteiger partial charge in [0.15, 0.2) is 11.5 Å². The summed E-state index contributed by atoms with van der Waals surface area (Å²) in [6.45, 7) is 0. The van der Waals surface area contributed by atoms with Gasteiger partial charge in [-0.05, 0) is 36.2 Å². The van der Waals surface area contributed by atoms with Gasteiger partial charge >= 0.3 is 0 Å². The van der Waals surface area contributed by atoms with Crippen molar-refractivity contribution in [2.45, 2.75) is 12.5 Å². The van der Waals surface area contributed by atoms with Crippen LogP contribution in [-0.2, 0) is 11.2 Å². The normalized spacial score (nSPS) is 11.9. The number of nitrogens with one attached hydrogen (secondary N) is 1. The van der Waals surface area contributed by atoms with Gasteiger partial charge in [0, 0.05) is 0 Å². The van der Waals surface area contributed by atoms with Gasteiger partial charge in [-0.2, -0.15) is 0 Å². The molecule has 0 aliphatic carbocycles. The molecule has 2 aromatic carbocycles. The summed E-state index contributed by atoms with van der Waals surface area (Å²) in [5.74, 6) is -0.838. The predicted octanol–water partition coefficient (Wildman–Crippen LogP) is 2.26. The number of phenols is 2. The minimum atomic E-state index is -0.801. The first-order chi connectivity index (χ1) is 9.97. The Morgan fingerprint density at radius 1 is 1.19 bits per heavy atom. The molecular formula is C15H15ClN2O3. The largest absolute Gasteiger partial charge is 0.504 e. The lowest BCUT2D eigenvalue weighted by molar-refractivity contribution is -0.117. The molecule has 1 amide bonds. The average Bonchev–Trinajstić information content (AvgIpc) is 2.45. The number of rotatable bonds is 4. The molecule has 5 nitrogen and oxygen atoms in total. The number of aromatic hydroxyl groups is 2. The second-order valence-electron chi connectivity index (χ2n) is 4.60. The highest BCUT2D eigenvalue weighted by Crippen LogP contribution is 2.25. The van der Waals surface area contributed by atoms with Crippen LogP contribution in [0.15, 0.2) is 42.5 Å². The lowest BCUT2D eigenvalue weighted by Gasteiger charge is -2.13. The van der Waals surface area contributed by atoms with Crippen LogP contribution >= 0.6 is 11.6 Å². The van der Waals surface area contributed by atoms with Crippen molar-refractivity contribution >= 4 is 23.2 Å². The number of amides is 1. The molecule has 0 saturated heterocycles. The topological polar surface area (TPSA) is 95.6 Å². The minimum absolute atomic E-state index is 0.215. The molecule has 0 spiro atoms. The fourth-order valence-corrected chi connectivity index (χ4v) is 2.01. The number of anilines is 1. The highest BCUT2D eigenvalue weighted by molar-refractivity contribution is 6.33. The fourth-order valence-electron chi connectivity index (χ4n) is 1.83. The van der Waals surface area contributed by atoms with Crippen molar-refractivity contribution in [3.8, 4) is 11.5 Å². The molecule has 110 valence electrons. The number of hydrogen-bond acceptors (Lipinski definition) is 4. The molecule has 0 saturated carbocycles. The monoisotopic (exact) mass is 306 g/mol. The van der Waals surface area contributed by atoms with Crippen LogP contribution in [0, 0.1) is 0 Å². The molecule has 2 rings (SSSR count). The number of halogens is 1. The van der Waals surface area contributed by atoms with Gasteiger partial charge in [0.2, 0.25) is 5.91 Å². The van der Waals surface area contributed by atoms with E-state index in [4.69, 9.17) is 17.3 Å². The number of nitrogens with two attached hydrogens (primary N) is 1. The Morgan fingerprint density at radius 2 is 1.90 bits per heavy atom. The van der Waals surface area contributed by atoms with Gasteiger partial charge in [-0.15, -0.1) is 0 Å². The van der Waals surface area contributed by atoms with Crippen LogP contribution in [-0.4, -0.2) is 22.2 Å². The third-order valence-corrected chi connectivity index (χ3v) is 3.29. The summed E-state index contributed by atoms with van der Waals surface area (Å²) in [7, 11) is 0. The van der Waals surface area contributed by atoms with E-state index < -0.39 is 6.04 Å². The van der Waals surface area contributed by atoms with Gasteiger partial charge in [0.25, 0.3) is 0 Å². The average molecular weight is 307 g/mol. The summed E-state index contributed by atoms with van der Waals surface area (Å²) in [5, 5.41) is 21.7. The molecule has 0 aliphatic heterocycles. The van der Waals surface area contributed by atoms with Crippen molar-refractivity contribution in [2.75, 3.05) is 5.32 Å². The molecule has 0 bridgehead atoms. The van der Waals surface area contributed by atoms with Gasteiger partial charge in [-0.1, -0.05) is 29.8 Å². The number of para-hydroxylation sites is 1. The maximum absolute atomic E-state index is 12.0. The lowest BCUT2D eigenvalue weighted by Crippen LogP contribution is -2.37. The third kappa shape index (κ3) is 3.87. The van der Waals surface area contributed by atoms with Crippen LogP contribution < -0.4 is 11.1 Å². The Hall–Kier alpha value is -2.24. The van der Waals surface area contributed by atoms with Gasteiger partial charge in [-0.3, -0.25) is 4.79 Å². The number of hydrogen-bond donors (Lipinski definition) is 4. The zero-order chi connectivity index (χ0) is 15.4. The standard InChI is InChI=1S/C15H15ClN2O3/c16-10-3-1-2-4-12(10)18-15(21)11(17)7-9-5-6-13(19)14(20)8-9/h1-6,8,11,19-20H,7,17H2,(H,18,21)/t11-/m0/s1. The second kappa shape index (κ2) is 6.47. The number of phenolic OH excluding ortho intramolecular Hbond substituents is 2. The Morgan fingerprint density at radius 3 is 2.57 bits per heavy atom. The van der Waals surface area contributed by atoms with Crippen LogP contribution in [0.2, 0.25) is 5.02 Å². The van der Waals surface area contributed by atoms with Crippen molar-refractivity contribution in [1.82, 2.24) is 0 Å². The van der Waals surface area contributed by atoms with Crippen molar-refractivity contribution in [3.05, 3.63) is 53.1 Å². The van der Waals surface area contributed by atoms with Crippen molar-refractivity contribution in [2.24, 2.45) is 5.73 Å². The second-order valence-corrected chi connectivity index (χ2v) is 5.01. The van der Waals surface area contributed by atoms with E-state index in [1.165, 1.54) is 12.1 Å². The third-order valence-electron chi connectivity index (χ3n) is 2.96. The summed E-state index contributed by atoms with van der Waals surface area (Å²) in [4.78, 5) is 12.0. The predicted molar refractivity (Wildman–Crippen MR) is 81.5 cm³/mol. The zero-order valence-corrected chi connectivity index (χ0v) is 11.8. The molecule has 0 aliphatic rings. The Kier molecular flexibility index (Phi) is 4.67. The Labute approximate surface area is 127 Å². The zero-order valence-electron chi connectivity index (χ0n) is 11.1. The van der Waals surface area contributed by atoms with Crippen LogP contribution in [0.1, 0.15) is 5.56 Å². The van der Waals surface area contributed by atoms with E-state index in [1.807, 2.05) is 0 Å². The van der Waals surface area contributed by atoms with Gasteiger partial charge in [-0.25, -0.2) is 0 Å². The van der Waals surface area contributed by atoms with Crippen LogP contribution in [0.4, 0.5) is 5.69 Å². The first-order valence-electron chi connectivity index (χ1n) is 6.29. The Bertz CT molecular complexity index is 661. The smallest absolute Gasteiger partial charge is 0.241 e. The van der Waals surface area contributed by atoms with E-state index in [0.29, 0.717) is 16.3 Å². The highest BCUT2D eigenvalue weighted by Gasteiger charge is 2.16. The summed E-state index contributed by atoms with van der Waals surface area (Å²) >= 11 is 5.96. The van der Waals surface area contributed by atoms with E-state index in [-0.39, 0.29) is 23.8 Å². The lowest BCUT2D eigenvalue weighted by atomic mass is 10.1. The molecule has 0 fully saturated rings. The Balaban J connectivity index is 2.02. The minimum Gasteiger partial charge on any atom is -0.504 e. The number of benzene rings is 2. The van der Waals surface area contributed by atoms with Crippen molar-refractivity contribution < 1.29 is 15.0 Å². The molecule has 6 heteroatoms. The van der Waals surface area contributed by atoms with E-state index in [2.05, 4.69) is 5.32 Å². The number of carbonyl (C=O) groups excluding carboxylic acids is 1. The first kappa shape index (κ1) is 15.2. The van der Waals surface area contributed by atoms with E-state index in [9.17, 15) is 15.0 Å². The molecule has 0 heterocycles. The molecular weight excluding hydrogens is 292 g/mol. The summed E-state index contributed by atoms with van der Waals surface area (Å²) in [5.41, 5.74) is 6.98. The van der Waals surface area contributed by atoms with E-state index in [0.717, 1.165) is 0 Å². The fraction of sp³-hybridized carbons (Fsp3) is 0.133. The number of carbonyl (C=O) groups is 1. The summed E-state index contributed by atoms with van der Waals surface area (Å²) < 4.78 is 0. The molecule has 2 aromatic rings. The molecule has 0 radical (unpaired) electrons. The van der Waals surface area contributed by atoms with Gasteiger partial charge < -0.3 is 21.3 Å². The maximum Gasteiger partial charge on any atom is 0.241 e. The summed E-state index contributed by atoms with van der Waals surface area (Å²) in [6.07, 6.45) is 0.226. The molecule has 5 N–H and O–H groups in total. The first-order valence-corrected chi connectivity index (χ1v) is 6.67. The SMILES string of the molecule is N[C@@H](Cc1ccc(O)c(O)c1)C(=O)Nc1ccccc1Cl. The van der Waals surface area contributed by atoms with Gasteiger partial charge in [0.05, 0.1) is 16.8 Å². The van der Waals surface area contributed by atoms with E-state index in [1.54, 1.807) is 30.3 Å². The quantitative estimate of drug-likeness (QED) is 0.652. The molecule has 1 atom stereocenters. The molecule has 0 aromatic heterocycles. The highest BCUT2D eigenvalue weighted by atomic mass is 35.5. The molecule has 21 heavy (non-hydrogen) atoms. The van der Waals surface area contributed by atoms with Crippen molar-refractivity contribution in [1.29, 1.82) is 0 Å². The van der Waals surface area contributed by atoms with E-state index >= 15 is 0 Å². The van der Waals surface area contributed by atoms with Crippen LogP contribution in [0.3, 0.4) is 0 Å².